The van der Waals surface area contributed by atoms with E-state index in [4.69, 9.17) is 27.9 Å². The summed E-state index contributed by atoms with van der Waals surface area (Å²) in [6.45, 7) is 1.48. The summed E-state index contributed by atoms with van der Waals surface area (Å²) in [5, 5.41) is 19.0. The maximum absolute atomic E-state index is 14.0. The Morgan fingerprint density at radius 2 is 1.82 bits per heavy atom. The zero-order valence-corrected chi connectivity index (χ0v) is 22.9. The van der Waals surface area contributed by atoms with Gasteiger partial charge in [-0.3, -0.25) is 24.2 Å². The molecule has 4 aromatic rings. The molecule has 2 N–H and O–H groups in total. The molecule has 11 heteroatoms. The van der Waals surface area contributed by atoms with Crippen molar-refractivity contribution in [1.82, 2.24) is 19.7 Å². The Morgan fingerprint density at radius 1 is 1.10 bits per heavy atom. The van der Waals surface area contributed by atoms with Crippen LogP contribution in [0.5, 0.6) is 0 Å². The Morgan fingerprint density at radius 3 is 2.44 bits per heavy atom. The lowest BCUT2D eigenvalue weighted by molar-refractivity contribution is -0.133. The first-order valence-electron chi connectivity index (χ1n) is 12.0. The number of aliphatic hydroxyl groups is 1. The number of aryl methyl sites for hydroxylation is 1. The second-order valence-corrected chi connectivity index (χ2v) is 10.3. The van der Waals surface area contributed by atoms with E-state index in [0.29, 0.717) is 32.6 Å². The molecule has 39 heavy (non-hydrogen) atoms. The molecule has 0 aliphatic carbocycles. The number of ether oxygens (including phenoxy) is 1. The van der Waals surface area contributed by atoms with Gasteiger partial charge >= 0.3 is 0 Å². The van der Waals surface area contributed by atoms with Crippen LogP contribution in [0.4, 0.5) is 5.69 Å². The fourth-order valence-corrected chi connectivity index (χ4v) is 5.03. The van der Waals surface area contributed by atoms with Crippen LogP contribution in [0.3, 0.4) is 0 Å². The number of fused-ring (bicyclic) bond motifs is 1. The Bertz CT molecular complexity index is 1550. The molecule has 1 aliphatic heterocycles. The number of methoxy groups -OCH3 is 1. The molecule has 2 atom stereocenters. The van der Waals surface area contributed by atoms with Gasteiger partial charge in [0.15, 0.2) is 11.3 Å². The number of benzene rings is 2. The van der Waals surface area contributed by atoms with Crippen molar-refractivity contribution in [1.29, 1.82) is 0 Å². The van der Waals surface area contributed by atoms with Crippen LogP contribution in [0, 0.1) is 0 Å². The second-order valence-electron chi connectivity index (χ2n) is 9.40. The lowest BCUT2D eigenvalue weighted by atomic mass is 9.88. The van der Waals surface area contributed by atoms with E-state index in [2.05, 4.69) is 15.4 Å². The van der Waals surface area contributed by atoms with Crippen LogP contribution in [0.2, 0.25) is 10.0 Å². The number of nitrogens with zero attached hydrogens (tertiary/aromatic N) is 4. The van der Waals surface area contributed by atoms with Gasteiger partial charge < -0.3 is 15.2 Å². The van der Waals surface area contributed by atoms with E-state index in [-0.39, 0.29) is 23.6 Å². The van der Waals surface area contributed by atoms with Gasteiger partial charge in [-0.1, -0.05) is 47.5 Å². The standard InChI is InChI=1S/C28H25Cl2N5O4/c1-27(38,26(37)33-22-14-32-34(2)15-22)18-6-11-24-23(12-18)25(36)35(16-21-10-9-20(30)13-31-21)28(24,39-3)17-4-7-19(29)8-5-17/h4-15,38H,16H2,1-3H3,(H,33,37)/t27?,28-/m1/s1. The summed E-state index contributed by atoms with van der Waals surface area (Å²) in [7, 11) is 3.23. The summed E-state index contributed by atoms with van der Waals surface area (Å²) in [5.74, 6) is -1.03. The van der Waals surface area contributed by atoms with Crippen LogP contribution < -0.4 is 5.32 Å². The number of anilines is 1. The predicted octanol–water partition coefficient (Wildman–Crippen LogP) is 4.47. The third kappa shape index (κ3) is 4.68. The van der Waals surface area contributed by atoms with Gasteiger partial charge in [-0.25, -0.2) is 0 Å². The first-order valence-corrected chi connectivity index (χ1v) is 12.7. The van der Waals surface area contributed by atoms with Crippen LogP contribution in [-0.2, 0) is 34.4 Å². The summed E-state index contributed by atoms with van der Waals surface area (Å²) < 4.78 is 7.67. The van der Waals surface area contributed by atoms with Crippen molar-refractivity contribution < 1.29 is 19.4 Å². The van der Waals surface area contributed by atoms with E-state index in [1.807, 2.05) is 0 Å². The van der Waals surface area contributed by atoms with Crippen LogP contribution >= 0.6 is 23.2 Å². The average molecular weight is 566 g/mol. The summed E-state index contributed by atoms with van der Waals surface area (Å²) in [6, 6.07) is 15.3. The van der Waals surface area contributed by atoms with Crippen molar-refractivity contribution in [2.24, 2.45) is 7.05 Å². The number of hydrogen-bond acceptors (Lipinski definition) is 6. The van der Waals surface area contributed by atoms with E-state index >= 15 is 0 Å². The summed E-state index contributed by atoms with van der Waals surface area (Å²) >= 11 is 12.2. The lowest BCUT2D eigenvalue weighted by Gasteiger charge is -2.38. The van der Waals surface area contributed by atoms with Gasteiger partial charge in [0.2, 0.25) is 0 Å². The van der Waals surface area contributed by atoms with E-state index in [0.717, 1.165) is 0 Å². The van der Waals surface area contributed by atoms with Crippen molar-refractivity contribution in [3.8, 4) is 0 Å². The first kappa shape index (κ1) is 26.8. The number of pyridine rings is 1. The van der Waals surface area contributed by atoms with Gasteiger partial charge in [-0.2, -0.15) is 5.10 Å². The molecule has 0 saturated carbocycles. The van der Waals surface area contributed by atoms with Crippen molar-refractivity contribution in [3.05, 3.63) is 111 Å². The molecule has 3 heterocycles. The topological polar surface area (TPSA) is 110 Å². The van der Waals surface area contributed by atoms with Crippen LogP contribution in [0.1, 0.15) is 39.7 Å². The minimum Gasteiger partial charge on any atom is -0.376 e. The quantitative estimate of drug-likeness (QED) is 0.342. The van der Waals surface area contributed by atoms with E-state index in [1.165, 1.54) is 37.2 Å². The zero-order valence-electron chi connectivity index (χ0n) is 21.4. The van der Waals surface area contributed by atoms with Crippen molar-refractivity contribution in [2.45, 2.75) is 24.8 Å². The third-order valence-electron chi connectivity index (χ3n) is 6.85. The smallest absolute Gasteiger partial charge is 0.260 e. The Kier molecular flexibility index (Phi) is 6.94. The molecule has 5 rings (SSSR count). The highest BCUT2D eigenvalue weighted by Gasteiger charge is 2.52. The molecule has 200 valence electrons. The fourth-order valence-electron chi connectivity index (χ4n) is 4.79. The largest absolute Gasteiger partial charge is 0.376 e. The van der Waals surface area contributed by atoms with Crippen molar-refractivity contribution in [3.63, 3.8) is 0 Å². The maximum Gasteiger partial charge on any atom is 0.260 e. The van der Waals surface area contributed by atoms with E-state index in [9.17, 15) is 14.7 Å². The minimum absolute atomic E-state index is 0.106. The zero-order chi connectivity index (χ0) is 27.9. The molecular weight excluding hydrogens is 541 g/mol. The van der Waals surface area contributed by atoms with Gasteiger partial charge in [0.1, 0.15) is 0 Å². The summed E-state index contributed by atoms with van der Waals surface area (Å²) in [6.07, 6.45) is 4.60. The first-order chi connectivity index (χ1) is 18.6. The molecule has 2 amide bonds. The monoisotopic (exact) mass is 565 g/mol. The van der Waals surface area contributed by atoms with Crippen LogP contribution in [0.25, 0.3) is 0 Å². The van der Waals surface area contributed by atoms with Crippen molar-refractivity contribution in [2.75, 3.05) is 12.4 Å². The summed E-state index contributed by atoms with van der Waals surface area (Å²) in [4.78, 5) is 33.0. The highest BCUT2D eigenvalue weighted by molar-refractivity contribution is 6.30. The fraction of sp³-hybridized carbons (Fsp3) is 0.214. The molecule has 0 radical (unpaired) electrons. The molecule has 2 aromatic carbocycles. The number of amides is 2. The SMILES string of the molecule is CO[C@]1(c2ccc(Cl)cc2)c2ccc(C(C)(O)C(=O)Nc3cnn(C)c3)cc2C(=O)N1Cc1ccc(Cl)cn1. The highest BCUT2D eigenvalue weighted by Crippen LogP contribution is 2.46. The second kappa shape index (κ2) is 10.1. The molecule has 0 saturated heterocycles. The average Bonchev–Trinajstić information content (AvgIpc) is 3.44. The molecule has 0 spiro atoms. The van der Waals surface area contributed by atoms with Crippen molar-refractivity contribution >= 4 is 40.7 Å². The van der Waals surface area contributed by atoms with Gasteiger partial charge in [-0.05, 0) is 42.8 Å². The maximum atomic E-state index is 14.0. The Balaban J connectivity index is 1.59. The normalized spacial score (nSPS) is 18.1. The molecule has 9 nitrogen and oxygen atoms in total. The Hall–Kier alpha value is -3.76. The highest BCUT2D eigenvalue weighted by atomic mass is 35.5. The van der Waals surface area contributed by atoms with E-state index in [1.54, 1.807) is 66.7 Å². The third-order valence-corrected chi connectivity index (χ3v) is 7.32. The number of carbonyl (C=O) groups excluding carboxylic acids is 2. The molecule has 0 fully saturated rings. The van der Waals surface area contributed by atoms with E-state index < -0.39 is 17.2 Å². The molecule has 1 aliphatic rings. The summed E-state index contributed by atoms with van der Waals surface area (Å²) in [5.41, 5.74) is -0.492. The molecular formula is C28H25Cl2N5O4. The lowest BCUT2D eigenvalue weighted by Crippen LogP contribution is -2.45. The van der Waals surface area contributed by atoms with Gasteiger partial charge in [0, 0.05) is 48.3 Å². The number of halogens is 2. The number of hydrogen-bond donors (Lipinski definition) is 2. The van der Waals surface area contributed by atoms with Crippen LogP contribution in [0.15, 0.2) is 73.2 Å². The number of carbonyl (C=O) groups is 2. The van der Waals surface area contributed by atoms with Gasteiger partial charge in [-0.15, -0.1) is 0 Å². The minimum atomic E-state index is -1.95. The molecule has 0 bridgehead atoms. The van der Waals surface area contributed by atoms with Gasteiger partial charge in [0.25, 0.3) is 11.8 Å². The number of aromatic nitrogens is 3. The number of nitrogens with one attached hydrogen (secondary N) is 1. The van der Waals surface area contributed by atoms with Crippen LogP contribution in [-0.4, -0.2) is 43.7 Å². The molecule has 1 unspecified atom stereocenters. The predicted molar refractivity (Wildman–Crippen MR) is 146 cm³/mol. The Labute approximate surface area is 234 Å². The molecule has 2 aromatic heterocycles. The van der Waals surface area contributed by atoms with Gasteiger partial charge in [0.05, 0.1) is 29.1 Å². The number of rotatable bonds is 7.